The minimum Gasteiger partial charge on any atom is -0.487 e. The molecule has 1 heterocycles. The number of hydrogen-bond acceptors (Lipinski definition) is 4. The number of benzene rings is 1. The molecule has 1 N–H and O–H groups in total. The average molecular weight is 313 g/mol. The van der Waals surface area contributed by atoms with Gasteiger partial charge in [0.15, 0.2) is 0 Å². The highest BCUT2D eigenvalue weighted by Gasteiger charge is 2.03. The van der Waals surface area contributed by atoms with E-state index >= 15 is 0 Å². The highest BCUT2D eigenvalue weighted by Crippen LogP contribution is 2.27. The van der Waals surface area contributed by atoms with E-state index in [4.69, 9.17) is 4.74 Å². The molecular weight excluding hydrogens is 300 g/mol. The number of nitrogens with zero attached hydrogens (tertiary/aromatic N) is 1. The van der Waals surface area contributed by atoms with E-state index in [0.29, 0.717) is 6.61 Å². The molecular formula is C12H13BrN2OS. The molecule has 17 heavy (non-hydrogen) atoms. The molecule has 2 aromatic rings. The van der Waals surface area contributed by atoms with Crippen molar-refractivity contribution in [2.75, 3.05) is 7.05 Å². The fourth-order valence-electron chi connectivity index (χ4n) is 1.44. The van der Waals surface area contributed by atoms with Gasteiger partial charge in [-0.25, -0.2) is 0 Å². The number of halogens is 1. The van der Waals surface area contributed by atoms with E-state index < -0.39 is 0 Å². The maximum absolute atomic E-state index is 5.72. The van der Waals surface area contributed by atoms with Crippen molar-refractivity contribution >= 4 is 27.3 Å². The molecule has 0 fully saturated rings. The van der Waals surface area contributed by atoms with Crippen LogP contribution in [0.15, 0.2) is 34.4 Å². The monoisotopic (exact) mass is 312 g/mol. The second-order valence-electron chi connectivity index (χ2n) is 3.55. The molecule has 0 aliphatic carbocycles. The van der Waals surface area contributed by atoms with E-state index in [1.54, 1.807) is 11.3 Å². The summed E-state index contributed by atoms with van der Waals surface area (Å²) in [6.45, 7) is 1.42. The Morgan fingerprint density at radius 1 is 1.47 bits per heavy atom. The van der Waals surface area contributed by atoms with Crippen molar-refractivity contribution in [1.29, 1.82) is 0 Å². The zero-order valence-electron chi connectivity index (χ0n) is 9.44. The standard InChI is InChI=1S/C12H13BrN2OS/c1-14-5-9-2-3-12(11(13)4-9)16-7-10-6-15-8-17-10/h2-4,6,8,14H,5,7H2,1H3. The zero-order valence-corrected chi connectivity index (χ0v) is 11.8. The number of nitrogens with one attached hydrogen (secondary N) is 1. The maximum Gasteiger partial charge on any atom is 0.134 e. The van der Waals surface area contributed by atoms with Gasteiger partial charge in [0.25, 0.3) is 0 Å². The lowest BCUT2D eigenvalue weighted by atomic mass is 10.2. The SMILES string of the molecule is CNCc1ccc(OCc2cncs2)c(Br)c1. The Bertz CT molecular complexity index is 473. The summed E-state index contributed by atoms with van der Waals surface area (Å²) in [5, 5.41) is 3.12. The topological polar surface area (TPSA) is 34.1 Å². The summed E-state index contributed by atoms with van der Waals surface area (Å²) in [4.78, 5) is 5.14. The summed E-state index contributed by atoms with van der Waals surface area (Å²) in [7, 11) is 1.93. The fraction of sp³-hybridized carbons (Fsp3) is 0.250. The van der Waals surface area contributed by atoms with Gasteiger partial charge in [-0.3, -0.25) is 4.98 Å². The normalized spacial score (nSPS) is 10.5. The van der Waals surface area contributed by atoms with E-state index in [2.05, 4.69) is 38.4 Å². The van der Waals surface area contributed by atoms with Gasteiger partial charge >= 0.3 is 0 Å². The molecule has 0 saturated carbocycles. The predicted molar refractivity (Wildman–Crippen MR) is 73.4 cm³/mol. The van der Waals surface area contributed by atoms with Crippen LogP contribution in [0.5, 0.6) is 5.75 Å². The minimum atomic E-state index is 0.564. The van der Waals surface area contributed by atoms with E-state index in [1.807, 2.05) is 24.8 Å². The van der Waals surface area contributed by atoms with Gasteiger partial charge in [-0.15, -0.1) is 11.3 Å². The molecule has 0 bridgehead atoms. The summed E-state index contributed by atoms with van der Waals surface area (Å²) in [5.41, 5.74) is 3.04. The van der Waals surface area contributed by atoms with Crippen molar-refractivity contribution in [1.82, 2.24) is 10.3 Å². The highest BCUT2D eigenvalue weighted by molar-refractivity contribution is 9.10. The summed E-state index contributed by atoms with van der Waals surface area (Å²) in [5.74, 6) is 0.859. The largest absolute Gasteiger partial charge is 0.487 e. The number of thiazole rings is 1. The van der Waals surface area contributed by atoms with Gasteiger partial charge in [0, 0.05) is 12.7 Å². The molecule has 0 spiro atoms. The predicted octanol–water partition coefficient (Wildman–Crippen LogP) is 3.20. The Morgan fingerprint density at radius 2 is 2.35 bits per heavy atom. The molecule has 3 nitrogen and oxygen atoms in total. The van der Waals surface area contributed by atoms with Gasteiger partial charge in [-0.05, 0) is 40.7 Å². The first-order valence-electron chi connectivity index (χ1n) is 5.23. The van der Waals surface area contributed by atoms with Crippen LogP contribution < -0.4 is 10.1 Å². The lowest BCUT2D eigenvalue weighted by molar-refractivity contribution is 0.307. The van der Waals surface area contributed by atoms with Gasteiger partial charge < -0.3 is 10.1 Å². The Morgan fingerprint density at radius 3 is 3.00 bits per heavy atom. The second-order valence-corrected chi connectivity index (χ2v) is 5.38. The number of rotatable bonds is 5. The third kappa shape index (κ3) is 3.52. The van der Waals surface area contributed by atoms with Gasteiger partial charge in [-0.2, -0.15) is 0 Å². The first-order valence-corrected chi connectivity index (χ1v) is 6.90. The molecule has 0 unspecified atom stereocenters. The van der Waals surface area contributed by atoms with Crippen molar-refractivity contribution in [3.05, 3.63) is 44.8 Å². The van der Waals surface area contributed by atoms with Crippen LogP contribution in [0.4, 0.5) is 0 Å². The third-order valence-corrected chi connectivity index (χ3v) is 3.60. The first-order chi connectivity index (χ1) is 8.29. The Hall–Kier alpha value is -0.910. The lowest BCUT2D eigenvalue weighted by Crippen LogP contribution is -2.05. The summed E-state index contributed by atoms with van der Waals surface area (Å²) in [6, 6.07) is 6.11. The molecule has 1 aromatic heterocycles. The summed E-state index contributed by atoms with van der Waals surface area (Å²) >= 11 is 5.11. The van der Waals surface area contributed by atoms with Crippen molar-refractivity contribution in [2.24, 2.45) is 0 Å². The quantitative estimate of drug-likeness (QED) is 0.920. The third-order valence-electron chi connectivity index (χ3n) is 2.23. The Balaban J connectivity index is 2.01. The van der Waals surface area contributed by atoms with Gasteiger partial charge in [0.05, 0.1) is 14.9 Å². The summed E-state index contributed by atoms with van der Waals surface area (Å²) in [6.07, 6.45) is 1.83. The molecule has 0 atom stereocenters. The number of ether oxygens (including phenoxy) is 1. The van der Waals surface area contributed by atoms with Crippen LogP contribution in [0.2, 0.25) is 0 Å². The molecule has 0 amide bonds. The first kappa shape index (κ1) is 12.5. The van der Waals surface area contributed by atoms with E-state index in [0.717, 1.165) is 21.6 Å². The van der Waals surface area contributed by atoms with Crippen molar-refractivity contribution in [3.8, 4) is 5.75 Å². The van der Waals surface area contributed by atoms with Gasteiger partial charge in [0.2, 0.25) is 0 Å². The number of hydrogen-bond donors (Lipinski definition) is 1. The molecule has 1 aromatic carbocycles. The van der Waals surface area contributed by atoms with E-state index in [1.165, 1.54) is 5.56 Å². The van der Waals surface area contributed by atoms with Gasteiger partial charge in [-0.1, -0.05) is 6.07 Å². The Kier molecular flexibility index (Phi) is 4.53. The second kappa shape index (κ2) is 6.14. The van der Waals surface area contributed by atoms with E-state index in [-0.39, 0.29) is 0 Å². The molecule has 0 radical (unpaired) electrons. The van der Waals surface area contributed by atoms with Crippen LogP contribution in [0, 0.1) is 0 Å². The lowest BCUT2D eigenvalue weighted by Gasteiger charge is -2.08. The van der Waals surface area contributed by atoms with E-state index in [9.17, 15) is 0 Å². The molecule has 2 rings (SSSR count). The van der Waals surface area contributed by atoms with Crippen molar-refractivity contribution in [2.45, 2.75) is 13.2 Å². The van der Waals surface area contributed by atoms with Crippen LogP contribution in [-0.2, 0) is 13.2 Å². The van der Waals surface area contributed by atoms with Crippen LogP contribution in [0.25, 0.3) is 0 Å². The number of aromatic nitrogens is 1. The average Bonchev–Trinajstić information content (AvgIpc) is 2.81. The smallest absolute Gasteiger partial charge is 0.134 e. The molecule has 0 aliphatic heterocycles. The molecule has 0 saturated heterocycles. The van der Waals surface area contributed by atoms with Crippen LogP contribution in [-0.4, -0.2) is 12.0 Å². The van der Waals surface area contributed by atoms with Crippen LogP contribution in [0.3, 0.4) is 0 Å². The van der Waals surface area contributed by atoms with Gasteiger partial charge in [0.1, 0.15) is 12.4 Å². The van der Waals surface area contributed by atoms with Crippen LogP contribution in [0.1, 0.15) is 10.4 Å². The molecule has 90 valence electrons. The maximum atomic E-state index is 5.72. The highest BCUT2D eigenvalue weighted by atomic mass is 79.9. The van der Waals surface area contributed by atoms with Crippen molar-refractivity contribution < 1.29 is 4.74 Å². The minimum absolute atomic E-state index is 0.564. The fourth-order valence-corrected chi connectivity index (χ4v) is 2.48. The molecule has 5 heteroatoms. The summed E-state index contributed by atoms with van der Waals surface area (Å²) < 4.78 is 6.70. The zero-order chi connectivity index (χ0) is 12.1. The molecule has 0 aliphatic rings. The Labute approximate surface area is 113 Å². The van der Waals surface area contributed by atoms with Crippen molar-refractivity contribution in [3.63, 3.8) is 0 Å². The van der Waals surface area contributed by atoms with Crippen LogP contribution >= 0.6 is 27.3 Å².